The second-order valence-electron chi connectivity index (χ2n) is 17.9. The summed E-state index contributed by atoms with van der Waals surface area (Å²) in [5, 5.41) is 7.81. The van der Waals surface area contributed by atoms with Crippen LogP contribution in [0, 0.1) is 0 Å². The van der Waals surface area contributed by atoms with Crippen molar-refractivity contribution in [2.24, 2.45) is 0 Å². The molecule has 0 saturated heterocycles. The van der Waals surface area contributed by atoms with Crippen molar-refractivity contribution in [3.8, 4) is 22.5 Å². The van der Waals surface area contributed by atoms with Crippen LogP contribution in [-0.2, 0) is 6.42 Å². The van der Waals surface area contributed by atoms with E-state index in [2.05, 4.69) is 234 Å². The zero-order chi connectivity index (χ0) is 43.6. The summed E-state index contributed by atoms with van der Waals surface area (Å²) >= 11 is 1.91. The van der Waals surface area contributed by atoms with Crippen molar-refractivity contribution in [3.63, 3.8) is 0 Å². The van der Waals surface area contributed by atoms with Crippen LogP contribution in [0.5, 0.6) is 0 Å². The summed E-state index contributed by atoms with van der Waals surface area (Å²) in [5.74, 6) is 0.234. The molecule has 2 nitrogen and oxygen atoms in total. The van der Waals surface area contributed by atoms with Gasteiger partial charge in [0.05, 0.1) is 22.1 Å². The van der Waals surface area contributed by atoms with Crippen molar-refractivity contribution in [2.75, 3.05) is 0 Å². The maximum absolute atomic E-state index is 2.48. The third kappa shape index (κ3) is 6.61. The molecule has 0 saturated carbocycles. The van der Waals surface area contributed by atoms with E-state index in [1.54, 1.807) is 0 Å². The number of thiophene rings is 1. The SMILES string of the molecule is C1=CC(c2ccc(C(CCc3ccc4c(c3)sc3ccc(-c5ccc6c(c5)c5ccccc5n6-c5ccccc5)cc34)c3ccc4c(c3)c3ccccc3n4-c3ccccc3)cc2)=CCC1. The number of nitrogens with zero attached hydrogens (tertiary/aromatic N) is 2. The van der Waals surface area contributed by atoms with Gasteiger partial charge in [-0.05, 0) is 143 Å². The molecule has 3 heterocycles. The molecule has 1 aliphatic carbocycles. The first-order valence-electron chi connectivity index (χ1n) is 23.3. The van der Waals surface area contributed by atoms with Crippen LogP contribution in [0.15, 0.2) is 224 Å². The fraction of sp³-hybridized carbons (Fsp3) is 0.0794. The molecule has 0 aliphatic heterocycles. The van der Waals surface area contributed by atoms with Crippen LogP contribution in [0.3, 0.4) is 0 Å². The Hall–Kier alpha value is -7.72. The summed E-state index contributed by atoms with van der Waals surface area (Å²) in [6.45, 7) is 0. The fourth-order valence-corrected chi connectivity index (χ4v) is 11.9. The minimum absolute atomic E-state index is 0.234. The maximum Gasteiger partial charge on any atom is 0.0541 e. The van der Waals surface area contributed by atoms with Crippen LogP contribution in [0.1, 0.15) is 47.4 Å². The predicted octanol–water partition coefficient (Wildman–Crippen LogP) is 17.4. The predicted molar refractivity (Wildman–Crippen MR) is 283 cm³/mol. The molecule has 1 aliphatic rings. The highest BCUT2D eigenvalue weighted by molar-refractivity contribution is 7.25. The summed E-state index contributed by atoms with van der Waals surface area (Å²) in [4.78, 5) is 0. The minimum Gasteiger partial charge on any atom is -0.309 e. The highest BCUT2D eigenvalue weighted by atomic mass is 32.1. The highest BCUT2D eigenvalue weighted by Crippen LogP contribution is 2.41. The number of allylic oxidation sites excluding steroid dienone is 4. The van der Waals surface area contributed by atoms with Crippen molar-refractivity contribution in [1.29, 1.82) is 0 Å². The first-order chi connectivity index (χ1) is 32.7. The summed E-state index contributed by atoms with van der Waals surface area (Å²) < 4.78 is 7.48. The van der Waals surface area contributed by atoms with E-state index in [0.717, 1.165) is 25.7 Å². The molecular weight excluding hydrogens is 817 g/mol. The van der Waals surface area contributed by atoms with Crippen molar-refractivity contribution in [1.82, 2.24) is 9.13 Å². The van der Waals surface area contributed by atoms with E-state index >= 15 is 0 Å². The lowest BCUT2D eigenvalue weighted by Crippen LogP contribution is -2.04. The Morgan fingerprint density at radius 2 is 0.985 bits per heavy atom. The lowest BCUT2D eigenvalue weighted by Gasteiger charge is -2.20. The normalized spacial score (nSPS) is 13.4. The van der Waals surface area contributed by atoms with E-state index in [-0.39, 0.29) is 5.92 Å². The molecule has 1 atom stereocenters. The number of aromatic nitrogens is 2. The number of benzene rings is 9. The largest absolute Gasteiger partial charge is 0.309 e. The van der Waals surface area contributed by atoms with Crippen LogP contribution in [0.4, 0.5) is 0 Å². The molecule has 66 heavy (non-hydrogen) atoms. The van der Waals surface area contributed by atoms with Crippen molar-refractivity contribution in [2.45, 2.75) is 31.6 Å². The van der Waals surface area contributed by atoms with E-state index < -0.39 is 0 Å². The van der Waals surface area contributed by atoms with Crippen LogP contribution in [0.25, 0.3) is 91.9 Å². The van der Waals surface area contributed by atoms with Gasteiger partial charge in [-0.25, -0.2) is 0 Å². The molecule has 0 radical (unpaired) electrons. The third-order valence-electron chi connectivity index (χ3n) is 14.0. The van der Waals surface area contributed by atoms with Gasteiger partial charge in [0, 0.05) is 59.0 Å². The molecule has 3 aromatic heterocycles. The number of hydrogen-bond acceptors (Lipinski definition) is 1. The second-order valence-corrected chi connectivity index (χ2v) is 19.0. The Morgan fingerprint density at radius 3 is 1.67 bits per heavy atom. The van der Waals surface area contributed by atoms with E-state index in [0.29, 0.717) is 0 Å². The van der Waals surface area contributed by atoms with Crippen LogP contribution in [-0.4, -0.2) is 9.13 Å². The number of fused-ring (bicyclic) bond motifs is 9. The second kappa shape index (κ2) is 16.1. The first-order valence-corrected chi connectivity index (χ1v) is 24.1. The Bertz CT molecular complexity index is 3860. The Morgan fingerprint density at radius 1 is 0.409 bits per heavy atom. The molecule has 0 amide bonds. The van der Waals surface area contributed by atoms with Gasteiger partial charge in [0.15, 0.2) is 0 Å². The van der Waals surface area contributed by atoms with Gasteiger partial charge in [0.25, 0.3) is 0 Å². The van der Waals surface area contributed by atoms with E-state index in [1.165, 1.54) is 114 Å². The molecule has 9 aromatic carbocycles. The molecule has 0 N–H and O–H groups in total. The standard InChI is InChI=1S/C63H46N2S/c1-4-14-43(15-5-1)44-26-28-45(29-27-44)51(48-31-36-61-56(41-48)53-21-11-13-23-59(53)65(61)50-18-8-3-9-19-50)33-24-42-25-34-54-57-40-47(32-37-62(57)66-63(54)38-42)46-30-35-60-55(39-46)52-20-10-12-22-58(52)64(60)49-16-6-2-7-17-49/h2-4,6-23,25-32,34-41,51H,1,5,24,33H2. The maximum atomic E-state index is 2.48. The number of aryl methyl sites for hydroxylation is 1. The van der Waals surface area contributed by atoms with Crippen molar-refractivity contribution in [3.05, 3.63) is 247 Å². The van der Waals surface area contributed by atoms with Crippen LogP contribution < -0.4 is 0 Å². The van der Waals surface area contributed by atoms with E-state index in [1.807, 2.05) is 11.3 Å². The molecule has 12 aromatic rings. The van der Waals surface area contributed by atoms with Gasteiger partial charge in [-0.2, -0.15) is 0 Å². The van der Waals surface area contributed by atoms with Crippen LogP contribution in [0.2, 0.25) is 0 Å². The van der Waals surface area contributed by atoms with E-state index in [9.17, 15) is 0 Å². The summed E-state index contributed by atoms with van der Waals surface area (Å²) in [5.41, 5.74) is 16.5. The van der Waals surface area contributed by atoms with Gasteiger partial charge < -0.3 is 9.13 Å². The first kappa shape index (κ1) is 38.7. The molecule has 0 fully saturated rings. The molecule has 3 heteroatoms. The lowest BCUT2D eigenvalue weighted by molar-refractivity contribution is 0.716. The molecule has 13 rings (SSSR count). The monoisotopic (exact) mass is 862 g/mol. The topological polar surface area (TPSA) is 9.86 Å². The zero-order valence-electron chi connectivity index (χ0n) is 36.6. The van der Waals surface area contributed by atoms with Crippen molar-refractivity contribution >= 4 is 80.7 Å². The average Bonchev–Trinajstić information content (AvgIpc) is 4.04. The van der Waals surface area contributed by atoms with Gasteiger partial charge in [0.1, 0.15) is 0 Å². The molecule has 0 bridgehead atoms. The van der Waals surface area contributed by atoms with Gasteiger partial charge in [-0.15, -0.1) is 11.3 Å². The zero-order valence-corrected chi connectivity index (χ0v) is 37.4. The Kier molecular flexibility index (Phi) is 9.42. The van der Waals surface area contributed by atoms with Gasteiger partial charge >= 0.3 is 0 Å². The third-order valence-corrected chi connectivity index (χ3v) is 15.2. The molecule has 314 valence electrons. The average molecular weight is 863 g/mol. The Balaban J connectivity index is 0.846. The minimum atomic E-state index is 0.234. The van der Waals surface area contributed by atoms with Crippen molar-refractivity contribution < 1.29 is 0 Å². The quantitative estimate of drug-likeness (QED) is 0.137. The summed E-state index contributed by atoms with van der Waals surface area (Å²) in [7, 11) is 0. The van der Waals surface area contributed by atoms with Gasteiger partial charge in [0.2, 0.25) is 0 Å². The van der Waals surface area contributed by atoms with Gasteiger partial charge in [-0.1, -0.05) is 146 Å². The van der Waals surface area contributed by atoms with Crippen LogP contribution >= 0.6 is 11.3 Å². The van der Waals surface area contributed by atoms with E-state index in [4.69, 9.17) is 0 Å². The summed E-state index contributed by atoms with van der Waals surface area (Å²) in [6.07, 6.45) is 11.2. The molecular formula is C63H46N2S. The smallest absolute Gasteiger partial charge is 0.0541 e. The number of para-hydroxylation sites is 4. The highest BCUT2D eigenvalue weighted by Gasteiger charge is 2.20. The summed E-state index contributed by atoms with van der Waals surface area (Å²) in [6, 6.07) is 77.0. The number of hydrogen-bond donors (Lipinski definition) is 0. The fourth-order valence-electron chi connectivity index (χ4n) is 10.8. The molecule has 0 spiro atoms. The van der Waals surface area contributed by atoms with Gasteiger partial charge in [-0.3, -0.25) is 0 Å². The number of rotatable bonds is 9. The molecule has 1 unspecified atom stereocenters. The lowest BCUT2D eigenvalue weighted by atomic mass is 9.85. The Labute approximate surface area is 388 Å².